The summed E-state index contributed by atoms with van der Waals surface area (Å²) in [6.45, 7) is 0.635. The minimum Gasteiger partial charge on any atom is -0.359 e. The van der Waals surface area contributed by atoms with Gasteiger partial charge in [0.1, 0.15) is 5.82 Å². The van der Waals surface area contributed by atoms with E-state index in [0.717, 1.165) is 23.1 Å². The highest BCUT2D eigenvalue weighted by Crippen LogP contribution is 2.31. The number of rotatable bonds is 5. The van der Waals surface area contributed by atoms with Gasteiger partial charge in [0.2, 0.25) is 11.2 Å². The van der Waals surface area contributed by atoms with Crippen LogP contribution in [0.1, 0.15) is 38.5 Å². The van der Waals surface area contributed by atoms with Crippen LogP contribution in [0.15, 0.2) is 10.7 Å². The van der Waals surface area contributed by atoms with Gasteiger partial charge in [-0.1, -0.05) is 19.3 Å². The van der Waals surface area contributed by atoms with E-state index in [1.807, 2.05) is 0 Å². The average Bonchev–Trinajstić information content (AvgIpc) is 2.51. The maximum absolute atomic E-state index is 11.6. The number of hydrogen-bond acceptors (Lipinski definition) is 4. The number of hydrogen-bond donors (Lipinski definition) is 1. The average molecular weight is 376 g/mol. The maximum Gasteiger partial charge on any atom is 0.224 e. The van der Waals surface area contributed by atoms with Gasteiger partial charge in [0.25, 0.3) is 0 Å². The summed E-state index contributed by atoms with van der Waals surface area (Å²) in [6, 6.07) is 0.408. The molecule has 1 aromatic rings. The molecule has 1 aliphatic carbocycles. The molecule has 0 spiro atoms. The number of anilines is 1. The molecule has 1 N–H and O–H groups in total. The predicted octanol–water partition coefficient (Wildman–Crippen LogP) is 3.17. The maximum atomic E-state index is 11.6. The van der Waals surface area contributed by atoms with E-state index in [-0.39, 0.29) is 11.2 Å². The molecule has 1 fully saturated rings. The molecule has 7 heteroatoms. The van der Waals surface area contributed by atoms with Gasteiger partial charge in [0, 0.05) is 32.3 Å². The molecule has 1 amide bonds. The first-order chi connectivity index (χ1) is 10.1. The zero-order valence-corrected chi connectivity index (χ0v) is 14.5. The molecule has 0 bridgehead atoms. The van der Waals surface area contributed by atoms with Crippen LogP contribution in [0.5, 0.6) is 0 Å². The van der Waals surface area contributed by atoms with Gasteiger partial charge in [-0.15, -0.1) is 0 Å². The standard InChI is InChI=1S/C14H20BrClN4O/c1-17-12(21)7-8-20(10-5-3-2-4-6-10)13-11(15)9-18-14(16)19-13/h9-10H,2-8H2,1H3,(H,17,21). The SMILES string of the molecule is CNC(=O)CCN(c1nc(Cl)ncc1Br)C1CCCCC1. The molecule has 0 aromatic carbocycles. The van der Waals surface area contributed by atoms with E-state index in [1.165, 1.54) is 19.3 Å². The van der Waals surface area contributed by atoms with E-state index in [1.54, 1.807) is 13.2 Å². The fraction of sp³-hybridized carbons (Fsp3) is 0.643. The van der Waals surface area contributed by atoms with Gasteiger partial charge < -0.3 is 10.2 Å². The van der Waals surface area contributed by atoms with Crippen LogP contribution in [0.25, 0.3) is 0 Å². The highest BCUT2D eigenvalue weighted by Gasteiger charge is 2.24. The second-order valence-corrected chi connectivity index (χ2v) is 6.41. The van der Waals surface area contributed by atoms with Crippen molar-refractivity contribution in [1.82, 2.24) is 15.3 Å². The third kappa shape index (κ3) is 4.54. The number of carbonyl (C=O) groups excluding carboxylic acids is 1. The molecule has 0 saturated heterocycles. The van der Waals surface area contributed by atoms with Gasteiger partial charge in [0.15, 0.2) is 0 Å². The van der Waals surface area contributed by atoms with Gasteiger partial charge in [-0.2, -0.15) is 4.98 Å². The molecule has 0 aliphatic heterocycles. The van der Waals surface area contributed by atoms with E-state index >= 15 is 0 Å². The number of nitrogens with zero attached hydrogens (tertiary/aromatic N) is 3. The van der Waals surface area contributed by atoms with Crippen LogP contribution in [0.3, 0.4) is 0 Å². The third-order valence-electron chi connectivity index (χ3n) is 3.84. The Morgan fingerprint density at radius 1 is 1.48 bits per heavy atom. The van der Waals surface area contributed by atoms with Crippen molar-refractivity contribution < 1.29 is 4.79 Å². The fourth-order valence-corrected chi connectivity index (χ4v) is 3.29. The zero-order valence-electron chi connectivity index (χ0n) is 12.1. The van der Waals surface area contributed by atoms with Gasteiger partial charge in [-0.3, -0.25) is 4.79 Å². The monoisotopic (exact) mass is 374 g/mol. The summed E-state index contributed by atoms with van der Waals surface area (Å²) in [5.41, 5.74) is 0. The van der Waals surface area contributed by atoms with Gasteiger partial charge in [-0.25, -0.2) is 4.98 Å². The second-order valence-electron chi connectivity index (χ2n) is 5.22. The van der Waals surface area contributed by atoms with Crippen molar-refractivity contribution in [3.05, 3.63) is 16.0 Å². The Bertz CT molecular complexity index is 494. The molecule has 0 atom stereocenters. The minimum atomic E-state index is 0.0343. The third-order valence-corrected chi connectivity index (χ3v) is 4.58. The van der Waals surface area contributed by atoms with Crippen molar-refractivity contribution in [2.75, 3.05) is 18.5 Å². The quantitative estimate of drug-likeness (QED) is 0.803. The number of aromatic nitrogens is 2. The summed E-state index contributed by atoms with van der Waals surface area (Å²) in [5.74, 6) is 0.817. The van der Waals surface area contributed by atoms with E-state index in [9.17, 15) is 4.79 Å². The fourth-order valence-electron chi connectivity index (χ4n) is 2.74. The lowest BCUT2D eigenvalue weighted by Gasteiger charge is -2.35. The largest absolute Gasteiger partial charge is 0.359 e. The van der Waals surface area contributed by atoms with Crippen LogP contribution in [-0.2, 0) is 4.79 Å². The lowest BCUT2D eigenvalue weighted by atomic mass is 9.94. The number of amides is 1. The van der Waals surface area contributed by atoms with E-state index < -0.39 is 0 Å². The first-order valence-corrected chi connectivity index (χ1v) is 8.44. The van der Waals surface area contributed by atoms with Crippen LogP contribution in [0.2, 0.25) is 5.28 Å². The van der Waals surface area contributed by atoms with E-state index in [4.69, 9.17) is 11.6 Å². The molecule has 1 aliphatic rings. The predicted molar refractivity (Wildman–Crippen MR) is 87.6 cm³/mol. The normalized spacial score (nSPS) is 15.8. The summed E-state index contributed by atoms with van der Waals surface area (Å²) < 4.78 is 0.814. The van der Waals surface area contributed by atoms with E-state index in [0.29, 0.717) is 19.0 Å². The van der Waals surface area contributed by atoms with Crippen LogP contribution >= 0.6 is 27.5 Å². The Balaban J connectivity index is 2.21. The molecule has 21 heavy (non-hydrogen) atoms. The zero-order chi connectivity index (χ0) is 15.2. The van der Waals surface area contributed by atoms with Gasteiger partial charge in [0.05, 0.1) is 4.47 Å². The topological polar surface area (TPSA) is 58.1 Å². The first-order valence-electron chi connectivity index (χ1n) is 7.27. The Morgan fingerprint density at radius 3 is 2.86 bits per heavy atom. The Morgan fingerprint density at radius 2 is 2.19 bits per heavy atom. The van der Waals surface area contributed by atoms with Crippen molar-refractivity contribution in [3.8, 4) is 0 Å². The Labute approximate surface area is 138 Å². The lowest BCUT2D eigenvalue weighted by molar-refractivity contribution is -0.120. The van der Waals surface area contributed by atoms with Crippen molar-refractivity contribution >= 4 is 39.3 Å². The van der Waals surface area contributed by atoms with Crippen molar-refractivity contribution in [2.45, 2.75) is 44.6 Å². The number of carbonyl (C=O) groups is 1. The van der Waals surface area contributed by atoms with Crippen molar-refractivity contribution in [3.63, 3.8) is 0 Å². The Hall–Kier alpha value is -0.880. The smallest absolute Gasteiger partial charge is 0.224 e. The van der Waals surface area contributed by atoms with Crippen LogP contribution in [-0.4, -0.2) is 35.5 Å². The molecule has 1 heterocycles. The molecule has 0 radical (unpaired) electrons. The lowest BCUT2D eigenvalue weighted by Crippen LogP contribution is -2.40. The molecule has 1 aromatic heterocycles. The molecule has 1 saturated carbocycles. The molecule has 0 unspecified atom stereocenters. The van der Waals surface area contributed by atoms with Gasteiger partial charge >= 0.3 is 0 Å². The van der Waals surface area contributed by atoms with Crippen molar-refractivity contribution in [2.24, 2.45) is 0 Å². The van der Waals surface area contributed by atoms with Crippen LogP contribution < -0.4 is 10.2 Å². The summed E-state index contributed by atoms with van der Waals surface area (Å²) >= 11 is 9.44. The molecular weight excluding hydrogens is 356 g/mol. The summed E-state index contributed by atoms with van der Waals surface area (Å²) in [6.07, 6.45) is 8.09. The second kappa shape index (κ2) is 7.94. The molecule has 116 valence electrons. The molecule has 5 nitrogen and oxygen atoms in total. The summed E-state index contributed by atoms with van der Waals surface area (Å²) in [5, 5.41) is 2.90. The highest BCUT2D eigenvalue weighted by molar-refractivity contribution is 9.10. The van der Waals surface area contributed by atoms with E-state index in [2.05, 4.69) is 36.1 Å². The van der Waals surface area contributed by atoms with Crippen LogP contribution in [0.4, 0.5) is 5.82 Å². The van der Waals surface area contributed by atoms with Crippen molar-refractivity contribution in [1.29, 1.82) is 0 Å². The van der Waals surface area contributed by atoms with Crippen LogP contribution in [0, 0.1) is 0 Å². The minimum absolute atomic E-state index is 0.0343. The summed E-state index contributed by atoms with van der Waals surface area (Å²) in [7, 11) is 1.66. The summed E-state index contributed by atoms with van der Waals surface area (Å²) in [4.78, 5) is 22.1. The van der Waals surface area contributed by atoms with Gasteiger partial charge in [-0.05, 0) is 40.4 Å². The number of nitrogens with one attached hydrogen (secondary N) is 1. The number of halogens is 2. The first kappa shape index (κ1) is 16.5. The molecular formula is C14H20BrClN4O. The highest BCUT2D eigenvalue weighted by atomic mass is 79.9. The molecule has 2 rings (SSSR count). The Kier molecular flexibility index (Phi) is 6.23.